The molecule has 1 unspecified atom stereocenters. The van der Waals surface area contributed by atoms with Crippen molar-refractivity contribution in [1.29, 1.82) is 0 Å². The molecule has 0 aromatic heterocycles. The van der Waals surface area contributed by atoms with Gasteiger partial charge in [0.15, 0.2) is 0 Å². The van der Waals surface area contributed by atoms with E-state index in [4.69, 9.17) is 4.74 Å². The molecule has 0 saturated carbocycles. The average molecular weight is 513 g/mol. The Morgan fingerprint density at radius 3 is 2.18 bits per heavy atom. The number of amides is 1. The molecule has 6 heteroatoms. The number of aliphatic hydroxyl groups excluding tert-OH is 1. The SMILES string of the molecule is CCCOc1ccc(/C(O)=C2\C(=O)C(=O)N(c3cc(C)ccc3C)C2c2ccc(N(CC)CC)cc2)cc1. The summed E-state index contributed by atoms with van der Waals surface area (Å²) >= 11 is 0. The summed E-state index contributed by atoms with van der Waals surface area (Å²) in [6.07, 6.45) is 0.886. The van der Waals surface area contributed by atoms with Gasteiger partial charge in [-0.15, -0.1) is 0 Å². The van der Waals surface area contributed by atoms with Crippen LogP contribution in [-0.2, 0) is 9.59 Å². The number of anilines is 2. The highest BCUT2D eigenvalue weighted by molar-refractivity contribution is 6.51. The number of benzene rings is 3. The lowest BCUT2D eigenvalue weighted by molar-refractivity contribution is -0.132. The summed E-state index contributed by atoms with van der Waals surface area (Å²) in [6.45, 7) is 12.4. The van der Waals surface area contributed by atoms with E-state index < -0.39 is 17.7 Å². The molecule has 1 aliphatic heterocycles. The second kappa shape index (κ2) is 11.5. The largest absolute Gasteiger partial charge is 0.507 e. The number of ketones is 1. The molecule has 1 heterocycles. The van der Waals surface area contributed by atoms with Crippen molar-refractivity contribution < 1.29 is 19.4 Å². The van der Waals surface area contributed by atoms with Crippen molar-refractivity contribution in [2.24, 2.45) is 0 Å². The number of ether oxygens (including phenoxy) is 1. The summed E-state index contributed by atoms with van der Waals surface area (Å²) in [5.41, 5.74) is 4.86. The van der Waals surface area contributed by atoms with Gasteiger partial charge in [-0.05, 0) is 93.3 Å². The minimum absolute atomic E-state index is 0.0775. The predicted molar refractivity (Wildman–Crippen MR) is 153 cm³/mol. The van der Waals surface area contributed by atoms with Crippen LogP contribution in [0, 0.1) is 13.8 Å². The van der Waals surface area contributed by atoms with Gasteiger partial charge in [-0.2, -0.15) is 0 Å². The van der Waals surface area contributed by atoms with Gasteiger partial charge in [0.05, 0.1) is 18.2 Å². The quantitative estimate of drug-likeness (QED) is 0.200. The average Bonchev–Trinajstić information content (AvgIpc) is 3.19. The van der Waals surface area contributed by atoms with Crippen molar-refractivity contribution in [3.05, 3.63) is 94.6 Å². The normalized spacial score (nSPS) is 16.7. The zero-order valence-corrected chi connectivity index (χ0v) is 22.8. The summed E-state index contributed by atoms with van der Waals surface area (Å²) in [4.78, 5) is 30.8. The van der Waals surface area contributed by atoms with Crippen LogP contribution in [0.4, 0.5) is 11.4 Å². The molecular weight excluding hydrogens is 476 g/mol. The molecule has 0 spiro atoms. The Morgan fingerprint density at radius 1 is 0.921 bits per heavy atom. The van der Waals surface area contributed by atoms with Crippen molar-refractivity contribution >= 4 is 28.8 Å². The van der Waals surface area contributed by atoms with Crippen molar-refractivity contribution in [1.82, 2.24) is 0 Å². The fourth-order valence-electron chi connectivity index (χ4n) is 4.92. The third-order valence-electron chi connectivity index (χ3n) is 7.01. The Kier molecular flexibility index (Phi) is 8.20. The number of aryl methyl sites for hydroxylation is 2. The van der Waals surface area contributed by atoms with Gasteiger partial charge in [-0.3, -0.25) is 14.5 Å². The maximum atomic E-state index is 13.5. The molecule has 0 radical (unpaired) electrons. The van der Waals surface area contributed by atoms with Gasteiger partial charge < -0.3 is 14.7 Å². The van der Waals surface area contributed by atoms with Crippen LogP contribution in [0.25, 0.3) is 5.76 Å². The summed E-state index contributed by atoms with van der Waals surface area (Å²) in [6, 6.07) is 19.9. The van der Waals surface area contributed by atoms with Gasteiger partial charge in [0, 0.05) is 30.0 Å². The highest BCUT2D eigenvalue weighted by Crippen LogP contribution is 2.43. The lowest BCUT2D eigenvalue weighted by Crippen LogP contribution is -2.30. The standard InChI is InChI=1S/C32H36N2O4/c1-6-19-38-26-17-13-24(14-18-26)30(35)28-29(23-11-15-25(16-12-23)33(7-2)8-3)34(32(37)31(28)36)27-20-21(4)9-10-22(27)5/h9-18,20,29,35H,6-8,19H2,1-5H3/b30-28+. The van der Waals surface area contributed by atoms with Crippen molar-refractivity contribution in [2.45, 2.75) is 47.1 Å². The fraction of sp³-hybridized carbons (Fsp3) is 0.312. The number of carbonyl (C=O) groups excluding carboxylic acids is 2. The molecule has 3 aromatic carbocycles. The molecular formula is C32H36N2O4. The second-order valence-electron chi connectivity index (χ2n) is 9.60. The number of nitrogens with zero attached hydrogens (tertiary/aromatic N) is 2. The van der Waals surface area contributed by atoms with E-state index in [1.165, 1.54) is 4.90 Å². The van der Waals surface area contributed by atoms with Gasteiger partial charge in [0.25, 0.3) is 11.7 Å². The lowest BCUT2D eigenvalue weighted by atomic mass is 9.94. The zero-order chi connectivity index (χ0) is 27.4. The third-order valence-corrected chi connectivity index (χ3v) is 7.01. The van der Waals surface area contributed by atoms with Gasteiger partial charge in [0.2, 0.25) is 0 Å². The highest BCUT2D eigenvalue weighted by Gasteiger charge is 2.47. The van der Waals surface area contributed by atoms with Gasteiger partial charge in [-0.25, -0.2) is 0 Å². The number of rotatable bonds is 9. The fourth-order valence-corrected chi connectivity index (χ4v) is 4.92. The van der Waals surface area contributed by atoms with Crippen molar-refractivity contribution in [2.75, 3.05) is 29.5 Å². The highest BCUT2D eigenvalue weighted by atomic mass is 16.5. The third kappa shape index (κ3) is 5.17. The number of aliphatic hydroxyl groups is 1. The van der Waals surface area contributed by atoms with Crippen LogP contribution in [0.15, 0.2) is 72.3 Å². The van der Waals surface area contributed by atoms with Crippen molar-refractivity contribution in [3.63, 3.8) is 0 Å². The first-order valence-electron chi connectivity index (χ1n) is 13.3. The first kappa shape index (κ1) is 27.0. The Balaban J connectivity index is 1.87. The van der Waals surface area contributed by atoms with E-state index >= 15 is 0 Å². The zero-order valence-electron chi connectivity index (χ0n) is 22.8. The molecule has 38 heavy (non-hydrogen) atoms. The lowest BCUT2D eigenvalue weighted by Gasteiger charge is -2.28. The van der Waals surface area contributed by atoms with Gasteiger partial charge >= 0.3 is 0 Å². The number of carbonyl (C=O) groups is 2. The molecule has 1 saturated heterocycles. The smallest absolute Gasteiger partial charge is 0.300 e. The van der Waals surface area contributed by atoms with Gasteiger partial charge in [0.1, 0.15) is 11.5 Å². The molecule has 1 fully saturated rings. The maximum absolute atomic E-state index is 13.5. The number of Topliss-reactive ketones (excluding diaryl/α,β-unsaturated/α-hetero) is 1. The summed E-state index contributed by atoms with van der Waals surface area (Å²) in [5.74, 6) is -0.868. The summed E-state index contributed by atoms with van der Waals surface area (Å²) < 4.78 is 5.66. The van der Waals surface area contributed by atoms with E-state index in [9.17, 15) is 14.7 Å². The van der Waals surface area contributed by atoms with E-state index in [-0.39, 0.29) is 11.3 Å². The predicted octanol–water partition coefficient (Wildman–Crippen LogP) is 6.56. The van der Waals surface area contributed by atoms with E-state index in [1.807, 2.05) is 63.2 Å². The van der Waals surface area contributed by atoms with Crippen LogP contribution in [0.5, 0.6) is 5.75 Å². The molecule has 198 valence electrons. The Hall–Kier alpha value is -4.06. The van der Waals surface area contributed by atoms with E-state index in [1.54, 1.807) is 24.3 Å². The minimum atomic E-state index is -0.766. The molecule has 0 aliphatic carbocycles. The van der Waals surface area contributed by atoms with E-state index in [0.717, 1.165) is 41.9 Å². The Bertz CT molecular complexity index is 1340. The molecule has 3 aromatic rings. The minimum Gasteiger partial charge on any atom is -0.507 e. The first-order valence-corrected chi connectivity index (χ1v) is 13.3. The first-order chi connectivity index (χ1) is 18.3. The molecule has 4 rings (SSSR count). The Morgan fingerprint density at radius 2 is 1.58 bits per heavy atom. The van der Waals surface area contributed by atoms with Crippen molar-refractivity contribution in [3.8, 4) is 5.75 Å². The van der Waals surface area contributed by atoms with E-state index in [0.29, 0.717) is 23.6 Å². The van der Waals surface area contributed by atoms with Crippen LogP contribution in [0.1, 0.15) is 55.5 Å². The molecule has 6 nitrogen and oxygen atoms in total. The van der Waals surface area contributed by atoms with Crippen LogP contribution in [-0.4, -0.2) is 36.5 Å². The monoisotopic (exact) mass is 512 g/mol. The molecule has 1 N–H and O–H groups in total. The topological polar surface area (TPSA) is 70.1 Å². The molecule has 1 atom stereocenters. The van der Waals surface area contributed by atoms with Crippen LogP contribution >= 0.6 is 0 Å². The van der Waals surface area contributed by atoms with Crippen LogP contribution in [0.3, 0.4) is 0 Å². The number of hydrogen-bond acceptors (Lipinski definition) is 5. The molecule has 1 aliphatic rings. The van der Waals surface area contributed by atoms with E-state index in [2.05, 4.69) is 18.7 Å². The van der Waals surface area contributed by atoms with Crippen LogP contribution in [0.2, 0.25) is 0 Å². The molecule has 0 bridgehead atoms. The number of hydrogen-bond donors (Lipinski definition) is 1. The maximum Gasteiger partial charge on any atom is 0.300 e. The second-order valence-corrected chi connectivity index (χ2v) is 9.60. The summed E-state index contributed by atoms with van der Waals surface area (Å²) in [5, 5.41) is 11.4. The Labute approximate surface area is 225 Å². The summed E-state index contributed by atoms with van der Waals surface area (Å²) in [7, 11) is 0. The van der Waals surface area contributed by atoms with Crippen LogP contribution < -0.4 is 14.5 Å². The van der Waals surface area contributed by atoms with Gasteiger partial charge in [-0.1, -0.05) is 31.2 Å². The molecule has 1 amide bonds.